The quantitative estimate of drug-likeness (QED) is 0.785. The summed E-state index contributed by atoms with van der Waals surface area (Å²) in [6.07, 6.45) is 0.306. The second kappa shape index (κ2) is 8.17. The van der Waals surface area contributed by atoms with E-state index < -0.39 is 5.97 Å². The van der Waals surface area contributed by atoms with Crippen molar-refractivity contribution >= 4 is 27.8 Å². The van der Waals surface area contributed by atoms with Gasteiger partial charge >= 0.3 is 5.97 Å². The lowest BCUT2D eigenvalue weighted by atomic mass is 9.96. The number of hydrogen-bond donors (Lipinski definition) is 2. The third kappa shape index (κ3) is 6.29. The van der Waals surface area contributed by atoms with Crippen molar-refractivity contribution in [2.24, 2.45) is 5.92 Å². The van der Waals surface area contributed by atoms with Crippen LogP contribution in [-0.4, -0.2) is 23.0 Å². The molecule has 2 unspecified atom stereocenters. The number of rotatable bonds is 7. The SMILES string of the molecule is CC(CC(=O)NC(CC(=O)O)C(C)C)c1ccc(Br)cc1. The number of amides is 1. The number of hydrogen-bond acceptors (Lipinski definition) is 2. The predicted molar refractivity (Wildman–Crippen MR) is 86.2 cm³/mol. The van der Waals surface area contributed by atoms with Gasteiger partial charge in [0.1, 0.15) is 0 Å². The normalized spacial score (nSPS) is 13.8. The van der Waals surface area contributed by atoms with E-state index in [9.17, 15) is 9.59 Å². The van der Waals surface area contributed by atoms with E-state index in [1.807, 2.05) is 45.0 Å². The maximum absolute atomic E-state index is 12.1. The smallest absolute Gasteiger partial charge is 0.305 e. The molecule has 1 amide bonds. The molecule has 0 bridgehead atoms. The third-order valence-corrected chi connectivity index (χ3v) is 4.00. The van der Waals surface area contributed by atoms with Gasteiger partial charge in [-0.15, -0.1) is 0 Å². The molecule has 0 aliphatic rings. The molecule has 0 aromatic heterocycles. The molecule has 2 N–H and O–H groups in total. The Labute approximate surface area is 134 Å². The molecule has 0 aliphatic carbocycles. The van der Waals surface area contributed by atoms with Crippen LogP contribution in [0.2, 0.25) is 0 Å². The van der Waals surface area contributed by atoms with Crippen molar-refractivity contribution < 1.29 is 14.7 Å². The van der Waals surface area contributed by atoms with Crippen LogP contribution in [0.5, 0.6) is 0 Å². The summed E-state index contributed by atoms with van der Waals surface area (Å²) in [7, 11) is 0. The van der Waals surface area contributed by atoms with Crippen molar-refractivity contribution in [2.75, 3.05) is 0 Å². The van der Waals surface area contributed by atoms with E-state index >= 15 is 0 Å². The van der Waals surface area contributed by atoms with Crippen molar-refractivity contribution in [2.45, 2.75) is 45.6 Å². The molecule has 0 heterocycles. The van der Waals surface area contributed by atoms with Crippen LogP contribution in [0.25, 0.3) is 0 Å². The van der Waals surface area contributed by atoms with Crippen LogP contribution in [0, 0.1) is 5.92 Å². The number of carbonyl (C=O) groups is 2. The van der Waals surface area contributed by atoms with Gasteiger partial charge in [-0.1, -0.05) is 48.8 Å². The Kier molecular flexibility index (Phi) is 6.89. The average Bonchev–Trinajstić information content (AvgIpc) is 2.37. The largest absolute Gasteiger partial charge is 0.481 e. The summed E-state index contributed by atoms with van der Waals surface area (Å²) in [5, 5.41) is 11.7. The number of halogens is 1. The highest BCUT2D eigenvalue weighted by molar-refractivity contribution is 9.10. The number of benzene rings is 1. The van der Waals surface area contributed by atoms with Gasteiger partial charge in [-0.2, -0.15) is 0 Å². The van der Waals surface area contributed by atoms with E-state index in [2.05, 4.69) is 21.2 Å². The first kappa shape index (κ1) is 17.7. The highest BCUT2D eigenvalue weighted by Gasteiger charge is 2.20. The van der Waals surface area contributed by atoms with Crippen LogP contribution >= 0.6 is 15.9 Å². The Hall–Kier alpha value is -1.36. The van der Waals surface area contributed by atoms with Crippen LogP contribution in [-0.2, 0) is 9.59 Å². The van der Waals surface area contributed by atoms with Crippen molar-refractivity contribution in [1.29, 1.82) is 0 Å². The fourth-order valence-electron chi connectivity index (χ4n) is 2.09. The molecule has 0 spiro atoms. The molecule has 0 saturated carbocycles. The number of carbonyl (C=O) groups excluding carboxylic acids is 1. The first-order valence-electron chi connectivity index (χ1n) is 7.06. The molecule has 0 aliphatic heterocycles. The van der Waals surface area contributed by atoms with E-state index in [-0.39, 0.29) is 30.2 Å². The number of carboxylic acid groups (broad SMARTS) is 1. The van der Waals surface area contributed by atoms with Gasteiger partial charge in [0.2, 0.25) is 5.91 Å². The van der Waals surface area contributed by atoms with Crippen molar-refractivity contribution in [3.63, 3.8) is 0 Å². The monoisotopic (exact) mass is 355 g/mol. The molecule has 1 rings (SSSR count). The third-order valence-electron chi connectivity index (χ3n) is 3.48. The summed E-state index contributed by atoms with van der Waals surface area (Å²) in [6.45, 7) is 5.81. The van der Waals surface area contributed by atoms with Crippen LogP contribution in [0.15, 0.2) is 28.7 Å². The first-order valence-corrected chi connectivity index (χ1v) is 7.85. The van der Waals surface area contributed by atoms with E-state index in [4.69, 9.17) is 5.11 Å². The molecule has 0 saturated heterocycles. The lowest BCUT2D eigenvalue weighted by Crippen LogP contribution is -2.40. The van der Waals surface area contributed by atoms with Gasteiger partial charge in [0.05, 0.1) is 6.42 Å². The average molecular weight is 356 g/mol. The molecular formula is C16H22BrNO3. The minimum atomic E-state index is -0.894. The standard InChI is InChI=1S/C16H22BrNO3/c1-10(2)14(9-16(20)21)18-15(19)8-11(3)12-4-6-13(17)7-5-12/h4-7,10-11,14H,8-9H2,1-3H3,(H,18,19)(H,20,21). The molecule has 4 nitrogen and oxygen atoms in total. The van der Waals surface area contributed by atoms with Crippen LogP contribution in [0.3, 0.4) is 0 Å². The zero-order chi connectivity index (χ0) is 16.0. The summed E-state index contributed by atoms with van der Waals surface area (Å²) < 4.78 is 1.00. The fraction of sp³-hybridized carbons (Fsp3) is 0.500. The highest BCUT2D eigenvalue weighted by Crippen LogP contribution is 2.21. The van der Waals surface area contributed by atoms with Crippen molar-refractivity contribution in [3.8, 4) is 0 Å². The maximum Gasteiger partial charge on any atom is 0.305 e. The second-order valence-corrected chi connectivity index (χ2v) is 6.59. The molecular weight excluding hydrogens is 334 g/mol. The Bertz CT molecular complexity index is 485. The zero-order valence-corrected chi connectivity index (χ0v) is 14.2. The Morgan fingerprint density at radius 1 is 1.14 bits per heavy atom. The highest BCUT2D eigenvalue weighted by atomic mass is 79.9. The molecule has 0 radical (unpaired) electrons. The molecule has 1 aromatic carbocycles. The lowest BCUT2D eigenvalue weighted by molar-refractivity contribution is -0.138. The summed E-state index contributed by atoms with van der Waals surface area (Å²) in [4.78, 5) is 22.9. The Morgan fingerprint density at radius 3 is 2.19 bits per heavy atom. The number of aliphatic carboxylic acids is 1. The fourth-order valence-corrected chi connectivity index (χ4v) is 2.36. The Morgan fingerprint density at radius 2 is 1.71 bits per heavy atom. The molecule has 5 heteroatoms. The van der Waals surface area contributed by atoms with Gasteiger partial charge < -0.3 is 10.4 Å². The van der Waals surface area contributed by atoms with Crippen LogP contribution < -0.4 is 5.32 Å². The van der Waals surface area contributed by atoms with E-state index in [0.717, 1.165) is 10.0 Å². The minimum absolute atomic E-state index is 0.0456. The first-order chi connectivity index (χ1) is 9.79. The molecule has 1 aromatic rings. The van der Waals surface area contributed by atoms with Gasteiger partial charge in [-0.05, 0) is 29.5 Å². The summed E-state index contributed by atoms with van der Waals surface area (Å²) in [5.41, 5.74) is 1.09. The van der Waals surface area contributed by atoms with Crippen molar-refractivity contribution in [1.82, 2.24) is 5.32 Å². The van der Waals surface area contributed by atoms with E-state index in [1.165, 1.54) is 0 Å². The maximum atomic E-state index is 12.1. The van der Waals surface area contributed by atoms with Gasteiger partial charge in [0.15, 0.2) is 0 Å². The van der Waals surface area contributed by atoms with Gasteiger partial charge in [0.25, 0.3) is 0 Å². The van der Waals surface area contributed by atoms with Crippen LogP contribution in [0.1, 0.15) is 45.1 Å². The molecule has 0 fully saturated rings. The van der Waals surface area contributed by atoms with Crippen LogP contribution in [0.4, 0.5) is 0 Å². The van der Waals surface area contributed by atoms with Gasteiger partial charge in [-0.3, -0.25) is 9.59 Å². The molecule has 2 atom stereocenters. The molecule has 21 heavy (non-hydrogen) atoms. The molecule has 116 valence electrons. The predicted octanol–water partition coefficient (Wildman–Crippen LogP) is 3.56. The van der Waals surface area contributed by atoms with E-state index in [1.54, 1.807) is 0 Å². The minimum Gasteiger partial charge on any atom is -0.481 e. The summed E-state index contributed by atoms with van der Waals surface area (Å²) in [6, 6.07) is 7.54. The topological polar surface area (TPSA) is 66.4 Å². The van der Waals surface area contributed by atoms with E-state index in [0.29, 0.717) is 6.42 Å². The second-order valence-electron chi connectivity index (χ2n) is 5.67. The van der Waals surface area contributed by atoms with Gasteiger partial charge in [-0.25, -0.2) is 0 Å². The summed E-state index contributed by atoms with van der Waals surface area (Å²) in [5.74, 6) is -0.816. The lowest BCUT2D eigenvalue weighted by Gasteiger charge is -2.21. The van der Waals surface area contributed by atoms with Gasteiger partial charge in [0, 0.05) is 16.9 Å². The summed E-state index contributed by atoms with van der Waals surface area (Å²) >= 11 is 3.38. The number of nitrogens with one attached hydrogen (secondary N) is 1. The number of carboxylic acids is 1. The van der Waals surface area contributed by atoms with Crippen molar-refractivity contribution in [3.05, 3.63) is 34.3 Å². The Balaban J connectivity index is 2.58. The zero-order valence-electron chi connectivity index (χ0n) is 12.6.